The Kier molecular flexibility index (Phi) is 2.68. The molecule has 0 fully saturated rings. The first-order valence-electron chi connectivity index (χ1n) is 9.31. The predicted octanol–water partition coefficient (Wildman–Crippen LogP) is 5.28. The molecule has 0 saturated carbocycles. The number of aryl methyl sites for hydroxylation is 1. The van der Waals surface area contributed by atoms with E-state index in [1.807, 2.05) is 0 Å². The van der Waals surface area contributed by atoms with Gasteiger partial charge < -0.3 is 4.57 Å². The van der Waals surface area contributed by atoms with Crippen LogP contribution in [0.4, 0.5) is 0 Å². The molecule has 26 heavy (non-hydrogen) atoms. The lowest BCUT2D eigenvalue weighted by atomic mass is 10.0. The van der Waals surface area contributed by atoms with E-state index in [1.165, 1.54) is 49.5 Å². The number of pyridine rings is 1. The van der Waals surface area contributed by atoms with Crippen molar-refractivity contribution >= 4 is 32.7 Å². The number of aromatic nitrogens is 2. The van der Waals surface area contributed by atoms with Gasteiger partial charge in [-0.3, -0.25) is 0 Å². The third-order valence-corrected chi connectivity index (χ3v) is 5.86. The molecule has 124 valence electrons. The summed E-state index contributed by atoms with van der Waals surface area (Å²) in [5.74, 6) is 0. The molecule has 0 saturated heterocycles. The van der Waals surface area contributed by atoms with Crippen molar-refractivity contribution in [2.24, 2.45) is 0 Å². The van der Waals surface area contributed by atoms with Gasteiger partial charge in [0.15, 0.2) is 6.54 Å². The van der Waals surface area contributed by atoms with Gasteiger partial charge in [-0.05, 0) is 37.3 Å². The van der Waals surface area contributed by atoms with Gasteiger partial charge in [0, 0.05) is 51.4 Å². The fourth-order valence-corrected chi connectivity index (χ4v) is 4.69. The first kappa shape index (κ1) is 14.1. The molecule has 1 aliphatic rings. The summed E-state index contributed by atoms with van der Waals surface area (Å²) in [6, 6.07) is 26.8. The fourth-order valence-electron chi connectivity index (χ4n) is 4.69. The molecule has 3 heterocycles. The van der Waals surface area contributed by atoms with Gasteiger partial charge in [0.2, 0.25) is 11.2 Å². The van der Waals surface area contributed by atoms with Gasteiger partial charge in [0.25, 0.3) is 0 Å². The van der Waals surface area contributed by atoms with Gasteiger partial charge in [-0.2, -0.15) is 4.57 Å². The van der Waals surface area contributed by atoms with Crippen LogP contribution in [0, 0.1) is 0 Å². The summed E-state index contributed by atoms with van der Waals surface area (Å²) >= 11 is 0. The van der Waals surface area contributed by atoms with E-state index < -0.39 is 0 Å². The minimum Gasteiger partial charge on any atom is -0.341 e. The van der Waals surface area contributed by atoms with E-state index in [9.17, 15) is 0 Å². The lowest BCUT2D eigenvalue weighted by Gasteiger charge is -2.03. The molecular formula is C24H19N2+. The Labute approximate surface area is 151 Å². The van der Waals surface area contributed by atoms with Crippen molar-refractivity contribution in [2.45, 2.75) is 20.0 Å². The first-order chi connectivity index (χ1) is 12.8. The van der Waals surface area contributed by atoms with Gasteiger partial charge in [0.1, 0.15) is 0 Å². The third kappa shape index (κ3) is 1.69. The second-order valence-electron chi connectivity index (χ2n) is 7.15. The summed E-state index contributed by atoms with van der Waals surface area (Å²) in [6.45, 7) is 4.17. The van der Waals surface area contributed by atoms with Crippen molar-refractivity contribution in [3.05, 3.63) is 78.4 Å². The molecule has 2 aromatic heterocycles. The second-order valence-corrected chi connectivity index (χ2v) is 7.15. The Hall–Kier alpha value is -3.13. The van der Waals surface area contributed by atoms with Crippen LogP contribution in [0.1, 0.15) is 12.5 Å². The molecule has 5 aromatic rings. The number of rotatable bonds is 1. The van der Waals surface area contributed by atoms with Crippen LogP contribution in [0.25, 0.3) is 44.0 Å². The highest BCUT2D eigenvalue weighted by Crippen LogP contribution is 2.37. The molecule has 0 unspecified atom stereocenters. The molecule has 0 bridgehead atoms. The first-order valence-corrected chi connectivity index (χ1v) is 9.31. The summed E-state index contributed by atoms with van der Waals surface area (Å²) in [5, 5.41) is 4.04. The van der Waals surface area contributed by atoms with E-state index in [4.69, 9.17) is 0 Å². The van der Waals surface area contributed by atoms with Crippen LogP contribution in [0.2, 0.25) is 0 Å². The van der Waals surface area contributed by atoms with Crippen LogP contribution in [0.3, 0.4) is 0 Å². The number of para-hydroxylation sites is 2. The quantitative estimate of drug-likeness (QED) is 0.361. The molecule has 0 amide bonds. The maximum Gasteiger partial charge on any atom is 0.213 e. The van der Waals surface area contributed by atoms with Crippen molar-refractivity contribution in [1.29, 1.82) is 0 Å². The Bertz CT molecular complexity index is 1340. The highest BCUT2D eigenvalue weighted by molar-refractivity contribution is 6.09. The van der Waals surface area contributed by atoms with Crippen molar-refractivity contribution in [3.63, 3.8) is 0 Å². The molecule has 2 nitrogen and oxygen atoms in total. The predicted molar refractivity (Wildman–Crippen MR) is 107 cm³/mol. The Balaban J connectivity index is 1.71. The zero-order chi connectivity index (χ0) is 17.3. The average molecular weight is 335 g/mol. The number of hydrogen-bond donors (Lipinski definition) is 0. The molecular weight excluding hydrogens is 316 g/mol. The standard InChI is InChI=1S/C24H19N2/c1-2-25-22-10-6-4-8-18(22)20-13-17-15-26-21-9-5-3-7-16(21)11-12-23(26)19(17)14-24(20)25/h3-14H,2,15H2,1H3/q+1. The molecule has 1 aliphatic heterocycles. The van der Waals surface area contributed by atoms with Crippen molar-refractivity contribution in [1.82, 2.24) is 4.57 Å². The van der Waals surface area contributed by atoms with E-state index in [2.05, 4.69) is 88.9 Å². The molecule has 0 atom stereocenters. The average Bonchev–Trinajstić information content (AvgIpc) is 3.21. The number of fused-ring (bicyclic) bond motifs is 8. The third-order valence-electron chi connectivity index (χ3n) is 5.86. The lowest BCUT2D eigenvalue weighted by Crippen LogP contribution is -2.33. The molecule has 0 radical (unpaired) electrons. The topological polar surface area (TPSA) is 8.81 Å². The fraction of sp³-hybridized carbons (Fsp3) is 0.125. The Morgan fingerprint density at radius 3 is 2.62 bits per heavy atom. The van der Waals surface area contributed by atoms with E-state index in [0.717, 1.165) is 13.1 Å². The number of benzene rings is 3. The van der Waals surface area contributed by atoms with Crippen LogP contribution in [-0.4, -0.2) is 4.57 Å². The Morgan fingerprint density at radius 2 is 1.69 bits per heavy atom. The summed E-state index contributed by atoms with van der Waals surface area (Å²) in [5.41, 5.74) is 8.12. The zero-order valence-corrected chi connectivity index (χ0v) is 14.7. The maximum atomic E-state index is 2.46. The number of hydrogen-bond acceptors (Lipinski definition) is 0. The van der Waals surface area contributed by atoms with Crippen molar-refractivity contribution in [3.8, 4) is 11.3 Å². The van der Waals surface area contributed by atoms with Crippen molar-refractivity contribution < 1.29 is 4.57 Å². The summed E-state index contributed by atoms with van der Waals surface area (Å²) in [6.07, 6.45) is 0. The minimum absolute atomic E-state index is 0.952. The van der Waals surface area contributed by atoms with Crippen LogP contribution in [0.5, 0.6) is 0 Å². The van der Waals surface area contributed by atoms with Gasteiger partial charge in [-0.25, -0.2) is 0 Å². The van der Waals surface area contributed by atoms with Gasteiger partial charge in [-0.15, -0.1) is 0 Å². The SMILES string of the molecule is CCn1c2ccccc2c2cc3c(cc21)-c1ccc2ccccc2[n+]1C3. The van der Waals surface area contributed by atoms with Gasteiger partial charge >= 0.3 is 0 Å². The monoisotopic (exact) mass is 335 g/mol. The van der Waals surface area contributed by atoms with Gasteiger partial charge in [0.05, 0.1) is 5.56 Å². The molecule has 6 rings (SSSR count). The van der Waals surface area contributed by atoms with E-state index in [1.54, 1.807) is 0 Å². The Morgan fingerprint density at radius 1 is 0.846 bits per heavy atom. The molecule has 3 aromatic carbocycles. The molecule has 2 heteroatoms. The van der Waals surface area contributed by atoms with Crippen molar-refractivity contribution in [2.75, 3.05) is 0 Å². The van der Waals surface area contributed by atoms with E-state index >= 15 is 0 Å². The van der Waals surface area contributed by atoms with E-state index in [-0.39, 0.29) is 0 Å². The normalized spacial score (nSPS) is 12.8. The summed E-state index contributed by atoms with van der Waals surface area (Å²) < 4.78 is 4.89. The minimum atomic E-state index is 0.952. The number of nitrogens with zero attached hydrogens (tertiary/aromatic N) is 2. The van der Waals surface area contributed by atoms with Crippen LogP contribution < -0.4 is 4.57 Å². The summed E-state index contributed by atoms with van der Waals surface area (Å²) in [7, 11) is 0. The maximum absolute atomic E-state index is 2.46. The largest absolute Gasteiger partial charge is 0.341 e. The summed E-state index contributed by atoms with van der Waals surface area (Å²) in [4.78, 5) is 0. The smallest absolute Gasteiger partial charge is 0.213 e. The molecule has 0 spiro atoms. The van der Waals surface area contributed by atoms with E-state index in [0.29, 0.717) is 0 Å². The van der Waals surface area contributed by atoms with Crippen LogP contribution in [0.15, 0.2) is 72.8 Å². The highest BCUT2D eigenvalue weighted by atomic mass is 15.0. The molecule has 0 aliphatic carbocycles. The highest BCUT2D eigenvalue weighted by Gasteiger charge is 2.29. The van der Waals surface area contributed by atoms with Crippen LogP contribution in [-0.2, 0) is 13.1 Å². The molecule has 0 N–H and O–H groups in total. The second kappa shape index (κ2) is 4.95. The zero-order valence-electron chi connectivity index (χ0n) is 14.7. The lowest BCUT2D eigenvalue weighted by molar-refractivity contribution is -0.645. The van der Waals surface area contributed by atoms with Crippen LogP contribution >= 0.6 is 0 Å². The van der Waals surface area contributed by atoms with Gasteiger partial charge in [-0.1, -0.05) is 30.3 Å².